The van der Waals surface area contributed by atoms with Crippen LogP contribution in [0.5, 0.6) is 0 Å². The fraction of sp³-hybridized carbons (Fsp3) is 0.182. The topological polar surface area (TPSA) is 49.0 Å². The molecule has 4 aromatic rings. The molecule has 4 nitrogen and oxygen atoms in total. The van der Waals surface area contributed by atoms with Gasteiger partial charge in [-0.05, 0) is 23.1 Å². The number of hydrogen-bond donors (Lipinski definition) is 1. The van der Waals surface area contributed by atoms with E-state index in [0.29, 0.717) is 11.9 Å². The van der Waals surface area contributed by atoms with Crippen LogP contribution in [0.25, 0.3) is 21.3 Å². The lowest BCUT2D eigenvalue weighted by molar-refractivity contribution is 0.239. The zero-order chi connectivity index (χ0) is 18.2. The van der Waals surface area contributed by atoms with Gasteiger partial charge in [0.1, 0.15) is 10.7 Å². The number of nitrogens with one attached hydrogen (secondary N) is 1. The zero-order valence-corrected chi connectivity index (χ0v) is 15.6. The van der Waals surface area contributed by atoms with E-state index < -0.39 is 0 Å². The molecule has 1 aliphatic rings. The summed E-state index contributed by atoms with van der Waals surface area (Å²) in [6, 6.07) is 18.6. The fourth-order valence-corrected chi connectivity index (χ4v) is 4.77. The first-order chi connectivity index (χ1) is 13.3. The summed E-state index contributed by atoms with van der Waals surface area (Å²) in [7, 11) is 0. The van der Waals surface area contributed by atoms with Gasteiger partial charge in [0.2, 0.25) is 0 Å². The summed E-state index contributed by atoms with van der Waals surface area (Å²) in [5.41, 5.74) is 4.76. The van der Waals surface area contributed by atoms with Crippen molar-refractivity contribution in [3.8, 4) is 11.1 Å². The summed E-state index contributed by atoms with van der Waals surface area (Å²) >= 11 is 1.54. The molecule has 2 aromatic carbocycles. The van der Waals surface area contributed by atoms with Crippen LogP contribution in [0.1, 0.15) is 17.0 Å². The maximum absolute atomic E-state index is 12.8. The van der Waals surface area contributed by atoms with Gasteiger partial charge in [-0.25, -0.2) is 4.98 Å². The van der Waals surface area contributed by atoms with E-state index in [9.17, 15) is 4.79 Å². The first-order valence-corrected chi connectivity index (χ1v) is 10.0. The summed E-state index contributed by atoms with van der Waals surface area (Å²) in [5.74, 6) is 0.744. The lowest BCUT2D eigenvalue weighted by Crippen LogP contribution is -2.31. The molecule has 0 spiro atoms. The second-order valence-corrected chi connectivity index (χ2v) is 7.80. The zero-order valence-electron chi connectivity index (χ0n) is 14.8. The highest BCUT2D eigenvalue weighted by molar-refractivity contribution is 7.17. The van der Waals surface area contributed by atoms with Crippen LogP contribution in [0.3, 0.4) is 0 Å². The summed E-state index contributed by atoms with van der Waals surface area (Å²) in [6.07, 6.45) is 1.04. The number of aromatic amines is 1. The Morgan fingerprint density at radius 3 is 2.67 bits per heavy atom. The van der Waals surface area contributed by atoms with Crippen LogP contribution in [0.15, 0.2) is 64.8 Å². The van der Waals surface area contributed by atoms with E-state index in [4.69, 9.17) is 4.98 Å². The molecule has 3 heterocycles. The third-order valence-electron chi connectivity index (χ3n) is 5.16. The lowest BCUT2D eigenvalue weighted by Gasteiger charge is -2.28. The molecule has 0 radical (unpaired) electrons. The number of thiophene rings is 1. The number of nitrogens with zero attached hydrogens (tertiary/aromatic N) is 2. The first-order valence-electron chi connectivity index (χ1n) is 9.13. The molecule has 5 heteroatoms. The standard InChI is InChI=1S/C22H19N3OS/c26-21-20-18(16-7-2-1-3-8-16)14-27-22(20)24-19(23-21)13-25-11-10-15-6-4-5-9-17(15)12-25/h1-9,14H,10-13H2,(H,23,24,26). The van der Waals surface area contributed by atoms with Crippen molar-refractivity contribution in [1.82, 2.24) is 14.9 Å². The van der Waals surface area contributed by atoms with Crippen molar-refractivity contribution in [3.63, 3.8) is 0 Å². The van der Waals surface area contributed by atoms with E-state index in [2.05, 4.69) is 34.1 Å². The van der Waals surface area contributed by atoms with E-state index in [1.54, 1.807) is 0 Å². The summed E-state index contributed by atoms with van der Waals surface area (Å²) in [5, 5.41) is 2.72. The number of H-pyrrole nitrogens is 1. The van der Waals surface area contributed by atoms with E-state index in [0.717, 1.165) is 41.3 Å². The minimum atomic E-state index is -0.0486. The van der Waals surface area contributed by atoms with Crippen molar-refractivity contribution < 1.29 is 0 Å². The van der Waals surface area contributed by atoms with Crippen molar-refractivity contribution in [2.75, 3.05) is 6.54 Å². The van der Waals surface area contributed by atoms with Crippen molar-refractivity contribution in [2.24, 2.45) is 0 Å². The van der Waals surface area contributed by atoms with Gasteiger partial charge in [-0.15, -0.1) is 11.3 Å². The van der Waals surface area contributed by atoms with Crippen molar-refractivity contribution >= 4 is 21.6 Å². The third kappa shape index (κ3) is 3.09. The van der Waals surface area contributed by atoms with Crippen LogP contribution in [-0.4, -0.2) is 21.4 Å². The molecule has 2 aromatic heterocycles. The van der Waals surface area contributed by atoms with Gasteiger partial charge in [-0.3, -0.25) is 9.69 Å². The van der Waals surface area contributed by atoms with Gasteiger partial charge in [-0.1, -0.05) is 54.6 Å². The molecule has 134 valence electrons. The van der Waals surface area contributed by atoms with Gasteiger partial charge in [0, 0.05) is 24.0 Å². The lowest BCUT2D eigenvalue weighted by atomic mass is 10.00. The van der Waals surface area contributed by atoms with Crippen molar-refractivity contribution in [3.05, 3.63) is 87.3 Å². The van der Waals surface area contributed by atoms with Crippen LogP contribution in [0.2, 0.25) is 0 Å². The molecule has 0 unspecified atom stereocenters. The Morgan fingerprint density at radius 1 is 1.04 bits per heavy atom. The van der Waals surface area contributed by atoms with Gasteiger partial charge in [0.15, 0.2) is 0 Å². The van der Waals surface area contributed by atoms with E-state index in [-0.39, 0.29) is 5.56 Å². The molecule has 0 saturated heterocycles. The number of rotatable bonds is 3. The summed E-state index contributed by atoms with van der Waals surface area (Å²) in [6.45, 7) is 2.55. The molecule has 0 amide bonds. The Balaban J connectivity index is 1.45. The summed E-state index contributed by atoms with van der Waals surface area (Å²) < 4.78 is 0. The highest BCUT2D eigenvalue weighted by atomic mass is 32.1. The van der Waals surface area contributed by atoms with Gasteiger partial charge >= 0.3 is 0 Å². The van der Waals surface area contributed by atoms with Crippen LogP contribution >= 0.6 is 11.3 Å². The second-order valence-electron chi connectivity index (χ2n) is 6.94. The molecule has 0 fully saturated rings. The van der Waals surface area contributed by atoms with Crippen LogP contribution in [0, 0.1) is 0 Å². The van der Waals surface area contributed by atoms with Gasteiger partial charge < -0.3 is 4.98 Å². The molecule has 0 bridgehead atoms. The van der Waals surface area contributed by atoms with Crippen molar-refractivity contribution in [1.29, 1.82) is 0 Å². The largest absolute Gasteiger partial charge is 0.309 e. The molecule has 27 heavy (non-hydrogen) atoms. The second kappa shape index (κ2) is 6.76. The molecule has 1 N–H and O–H groups in total. The normalized spacial score (nSPS) is 14.4. The summed E-state index contributed by atoms with van der Waals surface area (Å²) in [4.78, 5) is 23.7. The van der Waals surface area contributed by atoms with Gasteiger partial charge in [-0.2, -0.15) is 0 Å². The van der Waals surface area contributed by atoms with Gasteiger partial charge in [0.25, 0.3) is 5.56 Å². The van der Waals surface area contributed by atoms with Crippen LogP contribution in [-0.2, 0) is 19.5 Å². The molecule has 0 saturated carbocycles. The number of benzene rings is 2. The molecule has 5 rings (SSSR count). The monoisotopic (exact) mass is 373 g/mol. The Morgan fingerprint density at radius 2 is 1.81 bits per heavy atom. The third-order valence-corrected chi connectivity index (χ3v) is 6.03. The minimum Gasteiger partial charge on any atom is -0.309 e. The first kappa shape index (κ1) is 16.4. The fourth-order valence-electron chi connectivity index (χ4n) is 3.80. The van der Waals surface area contributed by atoms with Crippen molar-refractivity contribution in [2.45, 2.75) is 19.5 Å². The minimum absolute atomic E-state index is 0.0486. The molecular weight excluding hydrogens is 354 g/mol. The Hall–Kier alpha value is -2.76. The number of aromatic nitrogens is 2. The quantitative estimate of drug-likeness (QED) is 0.585. The molecule has 0 atom stereocenters. The smallest absolute Gasteiger partial charge is 0.260 e. The predicted molar refractivity (Wildman–Crippen MR) is 110 cm³/mol. The molecule has 1 aliphatic heterocycles. The van der Waals surface area contributed by atoms with E-state index in [1.807, 2.05) is 35.7 Å². The molecular formula is C22H19N3OS. The van der Waals surface area contributed by atoms with Crippen LogP contribution in [0.4, 0.5) is 0 Å². The average Bonchev–Trinajstić information content (AvgIpc) is 3.13. The number of fused-ring (bicyclic) bond motifs is 2. The maximum Gasteiger partial charge on any atom is 0.260 e. The average molecular weight is 373 g/mol. The highest BCUT2D eigenvalue weighted by Gasteiger charge is 2.18. The van der Waals surface area contributed by atoms with Gasteiger partial charge in [0.05, 0.1) is 11.9 Å². The number of hydrogen-bond acceptors (Lipinski definition) is 4. The highest BCUT2D eigenvalue weighted by Crippen LogP contribution is 2.30. The van der Waals surface area contributed by atoms with Crippen LogP contribution < -0.4 is 5.56 Å². The Kier molecular flexibility index (Phi) is 4.11. The SMILES string of the molecule is O=c1[nH]c(CN2CCc3ccccc3C2)nc2scc(-c3ccccc3)c12. The Labute approximate surface area is 161 Å². The molecule has 0 aliphatic carbocycles. The predicted octanol–water partition coefficient (Wildman–Crippen LogP) is 4.21. The van der Waals surface area contributed by atoms with E-state index >= 15 is 0 Å². The van der Waals surface area contributed by atoms with E-state index in [1.165, 1.54) is 22.5 Å². The Bertz CT molecular complexity index is 1160. The maximum atomic E-state index is 12.8.